The van der Waals surface area contributed by atoms with Gasteiger partial charge in [-0.3, -0.25) is 0 Å². The van der Waals surface area contributed by atoms with Crippen LogP contribution in [0.25, 0.3) is 0 Å². The van der Waals surface area contributed by atoms with Gasteiger partial charge in [-0.1, -0.05) is 25.2 Å². The van der Waals surface area contributed by atoms with Crippen molar-refractivity contribution in [3.8, 4) is 0 Å². The molecule has 0 heterocycles. The lowest BCUT2D eigenvalue weighted by Gasteiger charge is -2.12. The molecule has 0 aliphatic heterocycles. The normalized spacial score (nSPS) is 11.6. The molecule has 0 amide bonds. The van der Waals surface area contributed by atoms with Crippen molar-refractivity contribution in [1.29, 1.82) is 0 Å². The Labute approximate surface area is 71.7 Å². The summed E-state index contributed by atoms with van der Waals surface area (Å²) in [6, 6.07) is 6.42. The molecular weight excluding hydrogens is 179 g/mol. The number of benzene rings is 1. The Bertz CT molecular complexity index is 237. The maximum atomic E-state index is 12.4. The molecule has 60 valence electrons. The minimum atomic E-state index is -1.75. The SMILES string of the molecule is C[Si](C)(Cl)c1ccc(F)cc1. The first-order valence-electron chi connectivity index (χ1n) is 3.45. The van der Waals surface area contributed by atoms with Gasteiger partial charge in [0.25, 0.3) is 0 Å². The Kier molecular flexibility index (Phi) is 2.35. The van der Waals surface area contributed by atoms with Gasteiger partial charge in [0.15, 0.2) is 7.38 Å². The van der Waals surface area contributed by atoms with Crippen LogP contribution in [0.2, 0.25) is 13.1 Å². The van der Waals surface area contributed by atoms with Crippen molar-refractivity contribution >= 4 is 23.6 Å². The predicted octanol–water partition coefficient (Wildman–Crippen LogP) is 2.48. The molecule has 0 unspecified atom stereocenters. The fourth-order valence-electron chi connectivity index (χ4n) is 0.846. The van der Waals surface area contributed by atoms with Crippen molar-refractivity contribution < 1.29 is 4.39 Å². The monoisotopic (exact) mass is 188 g/mol. The van der Waals surface area contributed by atoms with Crippen LogP contribution in [0.15, 0.2) is 24.3 Å². The molecular formula is C8H10ClFSi. The molecule has 0 radical (unpaired) electrons. The zero-order chi connectivity index (χ0) is 8.48. The molecule has 0 fully saturated rings. The summed E-state index contributed by atoms with van der Waals surface area (Å²) < 4.78 is 12.4. The highest BCUT2D eigenvalue weighted by atomic mass is 35.6. The first kappa shape index (κ1) is 8.75. The Balaban J connectivity index is 2.99. The fourth-order valence-corrected chi connectivity index (χ4v) is 2.18. The third kappa shape index (κ3) is 2.31. The third-order valence-electron chi connectivity index (χ3n) is 1.53. The van der Waals surface area contributed by atoms with E-state index in [4.69, 9.17) is 11.1 Å². The van der Waals surface area contributed by atoms with Crippen molar-refractivity contribution in [3.05, 3.63) is 30.1 Å². The first-order chi connectivity index (χ1) is 5.00. The van der Waals surface area contributed by atoms with Crippen LogP contribution in [0, 0.1) is 5.82 Å². The van der Waals surface area contributed by atoms with Gasteiger partial charge in [0.05, 0.1) is 0 Å². The van der Waals surface area contributed by atoms with Gasteiger partial charge in [0.1, 0.15) is 5.82 Å². The van der Waals surface area contributed by atoms with Crippen molar-refractivity contribution in [3.63, 3.8) is 0 Å². The molecule has 3 heteroatoms. The summed E-state index contributed by atoms with van der Waals surface area (Å²) in [5.74, 6) is -0.205. The average Bonchev–Trinajstić information content (AvgIpc) is 1.86. The second kappa shape index (κ2) is 2.95. The second-order valence-corrected chi connectivity index (χ2v) is 9.34. The molecule has 0 N–H and O–H groups in total. The lowest BCUT2D eigenvalue weighted by atomic mass is 10.3. The predicted molar refractivity (Wildman–Crippen MR) is 49.4 cm³/mol. The molecule has 0 atom stereocenters. The van der Waals surface area contributed by atoms with Crippen LogP contribution in [-0.2, 0) is 0 Å². The summed E-state index contributed by atoms with van der Waals surface area (Å²) >= 11 is 6.13. The number of hydrogen-bond donors (Lipinski definition) is 0. The quantitative estimate of drug-likeness (QED) is 0.469. The summed E-state index contributed by atoms with van der Waals surface area (Å²) in [4.78, 5) is 0. The fraction of sp³-hybridized carbons (Fsp3) is 0.250. The van der Waals surface area contributed by atoms with Crippen LogP contribution >= 0.6 is 11.1 Å². The molecule has 1 rings (SSSR count). The molecule has 1 aromatic rings. The lowest BCUT2D eigenvalue weighted by molar-refractivity contribution is 0.628. The van der Waals surface area contributed by atoms with E-state index in [9.17, 15) is 4.39 Å². The van der Waals surface area contributed by atoms with Crippen molar-refractivity contribution in [2.45, 2.75) is 13.1 Å². The van der Waals surface area contributed by atoms with Crippen LogP contribution in [0.5, 0.6) is 0 Å². The second-order valence-electron chi connectivity index (χ2n) is 2.98. The summed E-state index contributed by atoms with van der Waals surface area (Å²) in [7, 11) is -1.75. The summed E-state index contributed by atoms with van der Waals surface area (Å²) in [5, 5.41) is 1.07. The van der Waals surface area contributed by atoms with Gasteiger partial charge >= 0.3 is 0 Å². The standard InChI is InChI=1S/C8H10ClFSi/c1-11(2,9)8-5-3-7(10)4-6-8/h3-6H,1-2H3. The van der Waals surface area contributed by atoms with Gasteiger partial charge in [-0.25, -0.2) is 4.39 Å². The van der Waals surface area contributed by atoms with Gasteiger partial charge in [-0.2, -0.15) is 11.1 Å². The average molecular weight is 189 g/mol. The maximum absolute atomic E-state index is 12.4. The molecule has 1 aromatic carbocycles. The minimum Gasteiger partial charge on any atom is -0.207 e. The van der Waals surface area contributed by atoms with Crippen LogP contribution in [0.1, 0.15) is 0 Å². The third-order valence-corrected chi connectivity index (χ3v) is 3.89. The Hall–Kier alpha value is -0.343. The molecule has 0 bridgehead atoms. The lowest BCUT2D eigenvalue weighted by Crippen LogP contribution is -2.34. The van der Waals surface area contributed by atoms with Crippen molar-refractivity contribution in [2.75, 3.05) is 0 Å². The molecule has 0 aliphatic rings. The molecule has 0 saturated heterocycles. The Morgan fingerprint density at radius 2 is 1.64 bits per heavy atom. The van der Waals surface area contributed by atoms with Crippen LogP contribution in [0.4, 0.5) is 4.39 Å². The van der Waals surface area contributed by atoms with E-state index in [2.05, 4.69) is 0 Å². The summed E-state index contributed by atoms with van der Waals surface area (Å²) in [6.07, 6.45) is 0. The van der Waals surface area contributed by atoms with Crippen molar-refractivity contribution in [1.82, 2.24) is 0 Å². The topological polar surface area (TPSA) is 0 Å². The number of halogens is 2. The van der Waals surface area contributed by atoms with Crippen LogP contribution in [-0.4, -0.2) is 7.38 Å². The number of hydrogen-bond acceptors (Lipinski definition) is 0. The van der Waals surface area contributed by atoms with Gasteiger partial charge < -0.3 is 0 Å². The van der Waals surface area contributed by atoms with E-state index in [1.165, 1.54) is 12.1 Å². The molecule has 11 heavy (non-hydrogen) atoms. The zero-order valence-electron chi connectivity index (χ0n) is 6.57. The van der Waals surface area contributed by atoms with E-state index in [0.717, 1.165) is 5.19 Å². The van der Waals surface area contributed by atoms with Gasteiger partial charge in [-0.15, -0.1) is 0 Å². The highest BCUT2D eigenvalue weighted by molar-refractivity contribution is 7.26. The van der Waals surface area contributed by atoms with Gasteiger partial charge in [0, 0.05) is 0 Å². The van der Waals surface area contributed by atoms with E-state index in [-0.39, 0.29) is 5.82 Å². The van der Waals surface area contributed by atoms with Gasteiger partial charge in [0.2, 0.25) is 0 Å². The minimum absolute atomic E-state index is 0.205. The largest absolute Gasteiger partial charge is 0.207 e. The number of rotatable bonds is 1. The summed E-state index contributed by atoms with van der Waals surface area (Å²) in [6.45, 7) is 4.03. The van der Waals surface area contributed by atoms with E-state index in [1.54, 1.807) is 12.1 Å². The van der Waals surface area contributed by atoms with E-state index >= 15 is 0 Å². The first-order valence-corrected chi connectivity index (χ1v) is 7.46. The van der Waals surface area contributed by atoms with E-state index < -0.39 is 7.38 Å². The zero-order valence-corrected chi connectivity index (χ0v) is 8.32. The molecule has 0 aliphatic carbocycles. The molecule has 0 nitrogen and oxygen atoms in total. The maximum Gasteiger partial charge on any atom is 0.180 e. The highest BCUT2D eigenvalue weighted by Crippen LogP contribution is 2.08. The molecule has 0 saturated carbocycles. The highest BCUT2D eigenvalue weighted by Gasteiger charge is 2.19. The van der Waals surface area contributed by atoms with E-state index in [1.807, 2.05) is 13.1 Å². The smallest absolute Gasteiger partial charge is 0.180 e. The van der Waals surface area contributed by atoms with E-state index in [0.29, 0.717) is 0 Å². The Morgan fingerprint density at radius 1 is 1.18 bits per heavy atom. The van der Waals surface area contributed by atoms with Crippen LogP contribution in [0.3, 0.4) is 0 Å². The molecule has 0 spiro atoms. The molecule has 0 aromatic heterocycles. The van der Waals surface area contributed by atoms with Crippen molar-refractivity contribution in [2.24, 2.45) is 0 Å². The van der Waals surface area contributed by atoms with Gasteiger partial charge in [-0.05, 0) is 17.3 Å². The summed E-state index contributed by atoms with van der Waals surface area (Å²) in [5.41, 5.74) is 0. The Morgan fingerprint density at radius 3 is 2.00 bits per heavy atom. The van der Waals surface area contributed by atoms with Crippen LogP contribution < -0.4 is 5.19 Å².